The molecule has 0 spiro atoms. The molecule has 1 fully saturated rings. The lowest BCUT2D eigenvalue weighted by molar-refractivity contribution is 0.0525. The normalized spacial score (nSPS) is 19.4. The molecule has 1 aliphatic heterocycles. The zero-order chi connectivity index (χ0) is 22.2. The lowest BCUT2D eigenvalue weighted by Gasteiger charge is -2.44. The molecule has 7 nitrogen and oxygen atoms in total. The van der Waals surface area contributed by atoms with Gasteiger partial charge in [-0.25, -0.2) is 9.78 Å². The van der Waals surface area contributed by atoms with E-state index in [9.17, 15) is 14.7 Å². The molecule has 1 amide bonds. The number of carboxylic acid groups (broad SMARTS) is 1. The first-order chi connectivity index (χ1) is 14.8. The number of carbonyl (C=O) groups is 2. The van der Waals surface area contributed by atoms with Crippen molar-refractivity contribution in [3.8, 4) is 22.7 Å². The second-order valence-corrected chi connectivity index (χ2v) is 9.82. The van der Waals surface area contributed by atoms with Crippen molar-refractivity contribution in [2.24, 2.45) is 5.41 Å². The van der Waals surface area contributed by atoms with Crippen molar-refractivity contribution in [3.05, 3.63) is 46.3 Å². The Balaban J connectivity index is 1.56. The van der Waals surface area contributed by atoms with Gasteiger partial charge in [-0.1, -0.05) is 50.2 Å². The molecule has 0 radical (unpaired) electrons. The van der Waals surface area contributed by atoms with Gasteiger partial charge in [-0.2, -0.15) is 0 Å². The molecule has 1 aliphatic rings. The van der Waals surface area contributed by atoms with Crippen LogP contribution in [-0.2, 0) is 0 Å². The summed E-state index contributed by atoms with van der Waals surface area (Å²) in [4.78, 5) is 29.4. The average molecular weight is 440 g/mol. The van der Waals surface area contributed by atoms with E-state index in [1.807, 2.05) is 17.5 Å². The van der Waals surface area contributed by atoms with E-state index in [2.05, 4.69) is 25.9 Å². The highest BCUT2D eigenvalue weighted by Crippen LogP contribution is 2.40. The lowest BCUT2D eigenvalue weighted by Crippen LogP contribution is -2.51. The van der Waals surface area contributed by atoms with Gasteiger partial charge < -0.3 is 14.5 Å². The van der Waals surface area contributed by atoms with Crippen LogP contribution in [0.3, 0.4) is 0 Å². The molecule has 0 aliphatic carbocycles. The minimum Gasteiger partial charge on any atom is -0.465 e. The molecule has 1 saturated heterocycles. The molecule has 31 heavy (non-hydrogen) atoms. The van der Waals surface area contributed by atoms with Gasteiger partial charge in [-0.05, 0) is 18.3 Å². The first-order valence-corrected chi connectivity index (χ1v) is 11.1. The Kier molecular flexibility index (Phi) is 5.66. The first kappa shape index (κ1) is 21.2. The van der Waals surface area contributed by atoms with Crippen LogP contribution in [0.1, 0.15) is 54.9 Å². The topological polar surface area (TPSA) is 96.5 Å². The molecule has 2 atom stereocenters. The fourth-order valence-corrected chi connectivity index (χ4v) is 5.14. The number of hydrogen-bond acceptors (Lipinski definition) is 6. The number of piperidine rings is 1. The van der Waals surface area contributed by atoms with E-state index in [0.29, 0.717) is 29.1 Å². The second-order valence-electron chi connectivity index (χ2n) is 8.93. The maximum Gasteiger partial charge on any atom is 0.407 e. The Morgan fingerprint density at radius 2 is 2.06 bits per heavy atom. The molecule has 1 aromatic carbocycles. The lowest BCUT2D eigenvalue weighted by atomic mass is 9.77. The van der Waals surface area contributed by atoms with Gasteiger partial charge in [0.05, 0.1) is 5.01 Å². The van der Waals surface area contributed by atoms with Crippen LogP contribution in [0.5, 0.6) is 0 Å². The number of aromatic nitrogens is 2. The van der Waals surface area contributed by atoms with Crippen LogP contribution in [0, 0.1) is 5.41 Å². The van der Waals surface area contributed by atoms with Crippen molar-refractivity contribution >= 4 is 23.7 Å². The molecule has 2 unspecified atom stereocenters. The van der Waals surface area contributed by atoms with Crippen molar-refractivity contribution < 1.29 is 19.2 Å². The zero-order valence-corrected chi connectivity index (χ0v) is 18.6. The third-order valence-corrected chi connectivity index (χ3v) is 6.85. The molecule has 3 heterocycles. The van der Waals surface area contributed by atoms with Crippen LogP contribution in [-0.4, -0.2) is 45.1 Å². The van der Waals surface area contributed by atoms with Gasteiger partial charge >= 0.3 is 6.09 Å². The minimum absolute atomic E-state index is 0.0606. The Bertz CT molecular complexity index is 1100. The maximum absolute atomic E-state index is 11.7. The molecular formula is C23H25N3O4S. The number of amides is 1. The summed E-state index contributed by atoms with van der Waals surface area (Å²) in [6.07, 6.45) is 1.44. The number of hydrogen-bond donors (Lipinski definition) is 1. The summed E-state index contributed by atoms with van der Waals surface area (Å²) in [5.74, 6) is 0.732. The Labute approximate surface area is 184 Å². The highest BCUT2D eigenvalue weighted by atomic mass is 32.1. The van der Waals surface area contributed by atoms with Crippen molar-refractivity contribution in [3.63, 3.8) is 0 Å². The molecule has 4 rings (SSSR count). The maximum atomic E-state index is 11.7. The monoisotopic (exact) mass is 439 g/mol. The number of nitrogens with zero attached hydrogens (tertiary/aromatic N) is 3. The van der Waals surface area contributed by atoms with Crippen molar-refractivity contribution in [1.29, 1.82) is 0 Å². The van der Waals surface area contributed by atoms with E-state index in [1.54, 1.807) is 34.4 Å². The fourth-order valence-electron chi connectivity index (χ4n) is 4.18. The number of carbonyl (C=O) groups excluding carboxylic acids is 1. The van der Waals surface area contributed by atoms with Crippen molar-refractivity contribution in [2.45, 2.75) is 45.6 Å². The highest BCUT2D eigenvalue weighted by Gasteiger charge is 2.39. The number of benzene rings is 1. The number of thiazole rings is 1. The molecule has 1 N–H and O–H groups in total. The van der Waals surface area contributed by atoms with Gasteiger partial charge in [-0.15, -0.1) is 11.3 Å². The van der Waals surface area contributed by atoms with Crippen molar-refractivity contribution in [1.82, 2.24) is 15.0 Å². The number of rotatable bonds is 4. The quantitative estimate of drug-likeness (QED) is 0.535. The average Bonchev–Trinajstić information content (AvgIpc) is 3.42. The standard InChI is InChI=1S/C23H25N3O4S/c1-23(2,3)20-10-14(8-9-26(20)22(28)29)21-24-18(13-31-21)17-11-19(30-25-17)16-7-5-4-6-15(16)12-27/h4-7,11-14,20H,8-10H2,1-3H3,(H,28,29). The first-order valence-electron chi connectivity index (χ1n) is 10.2. The predicted octanol–water partition coefficient (Wildman–Crippen LogP) is 5.55. The van der Waals surface area contributed by atoms with Gasteiger partial charge in [0.15, 0.2) is 12.0 Å². The summed E-state index contributed by atoms with van der Waals surface area (Å²) in [6.45, 7) is 6.75. The van der Waals surface area contributed by atoms with Gasteiger partial charge in [0.25, 0.3) is 0 Å². The van der Waals surface area contributed by atoms with E-state index in [-0.39, 0.29) is 17.4 Å². The molecular weight excluding hydrogens is 414 g/mol. The second kappa shape index (κ2) is 8.26. The van der Waals surface area contributed by atoms with E-state index in [0.717, 1.165) is 29.8 Å². The van der Waals surface area contributed by atoms with Crippen LogP contribution < -0.4 is 0 Å². The Hall–Kier alpha value is -3.00. The Morgan fingerprint density at radius 1 is 1.29 bits per heavy atom. The van der Waals surface area contributed by atoms with E-state index >= 15 is 0 Å². The summed E-state index contributed by atoms with van der Waals surface area (Å²) in [7, 11) is 0. The molecule has 0 saturated carbocycles. The van der Waals surface area contributed by atoms with Gasteiger partial charge in [0.1, 0.15) is 11.4 Å². The third-order valence-electron chi connectivity index (χ3n) is 5.84. The summed E-state index contributed by atoms with van der Waals surface area (Å²) in [6, 6.07) is 8.95. The molecule has 2 aromatic heterocycles. The highest BCUT2D eigenvalue weighted by molar-refractivity contribution is 7.10. The Morgan fingerprint density at radius 3 is 2.77 bits per heavy atom. The number of aldehydes is 1. The fraction of sp³-hybridized carbons (Fsp3) is 0.391. The van der Waals surface area contributed by atoms with E-state index in [4.69, 9.17) is 9.51 Å². The minimum atomic E-state index is -0.857. The van der Waals surface area contributed by atoms with Gasteiger partial charge in [0, 0.05) is 41.1 Å². The zero-order valence-electron chi connectivity index (χ0n) is 17.7. The molecule has 3 aromatic rings. The summed E-state index contributed by atoms with van der Waals surface area (Å²) < 4.78 is 5.49. The molecule has 8 heteroatoms. The summed E-state index contributed by atoms with van der Waals surface area (Å²) in [5.41, 5.74) is 2.44. The van der Waals surface area contributed by atoms with Crippen LogP contribution in [0.2, 0.25) is 0 Å². The third kappa shape index (κ3) is 4.25. The van der Waals surface area contributed by atoms with E-state index < -0.39 is 6.09 Å². The molecule has 162 valence electrons. The number of likely N-dealkylation sites (tertiary alicyclic amines) is 1. The van der Waals surface area contributed by atoms with Crippen LogP contribution in [0.4, 0.5) is 4.79 Å². The van der Waals surface area contributed by atoms with Crippen LogP contribution >= 0.6 is 11.3 Å². The van der Waals surface area contributed by atoms with Crippen LogP contribution in [0.25, 0.3) is 22.7 Å². The van der Waals surface area contributed by atoms with Crippen LogP contribution in [0.15, 0.2) is 40.2 Å². The molecule has 0 bridgehead atoms. The smallest absolute Gasteiger partial charge is 0.407 e. The van der Waals surface area contributed by atoms with E-state index in [1.165, 1.54) is 0 Å². The van der Waals surface area contributed by atoms with Crippen molar-refractivity contribution in [2.75, 3.05) is 6.54 Å². The predicted molar refractivity (Wildman–Crippen MR) is 118 cm³/mol. The van der Waals surface area contributed by atoms with Gasteiger partial charge in [0.2, 0.25) is 0 Å². The SMILES string of the molecule is CC(C)(C)C1CC(c2nc(-c3cc(-c4ccccc4C=O)on3)cs2)CCN1C(=O)O. The summed E-state index contributed by atoms with van der Waals surface area (Å²) >= 11 is 1.57. The largest absolute Gasteiger partial charge is 0.465 e. The summed E-state index contributed by atoms with van der Waals surface area (Å²) in [5, 5.41) is 16.7. The van der Waals surface area contributed by atoms with Gasteiger partial charge in [-0.3, -0.25) is 4.79 Å².